The molecule has 0 aromatic rings. The molecule has 1 nitrogen and oxygen atoms in total. The van der Waals surface area contributed by atoms with Crippen LogP contribution in [0, 0.1) is 11.3 Å². The van der Waals surface area contributed by atoms with Crippen LogP contribution in [0.5, 0.6) is 0 Å². The van der Waals surface area contributed by atoms with E-state index in [9.17, 15) is 5.11 Å². The molecular formula is C10H18O. The normalized spacial score (nSPS) is 49.1. The Morgan fingerprint density at radius 2 is 1.64 bits per heavy atom. The first-order valence-corrected chi connectivity index (χ1v) is 4.79. The fourth-order valence-corrected chi connectivity index (χ4v) is 3.00. The molecule has 2 bridgehead atoms. The Balaban J connectivity index is 2.20. The van der Waals surface area contributed by atoms with E-state index in [1.54, 1.807) is 0 Å². The summed E-state index contributed by atoms with van der Waals surface area (Å²) in [6.07, 6.45) is 5.73. The lowest BCUT2D eigenvalue weighted by Crippen LogP contribution is -2.21. The number of hydrogen-bond donors (Lipinski definition) is 1. The van der Waals surface area contributed by atoms with Crippen LogP contribution in [0.1, 0.15) is 46.0 Å². The van der Waals surface area contributed by atoms with Crippen LogP contribution in [0.4, 0.5) is 0 Å². The zero-order valence-electron chi connectivity index (χ0n) is 7.56. The van der Waals surface area contributed by atoms with Gasteiger partial charge in [0.15, 0.2) is 0 Å². The van der Waals surface area contributed by atoms with Crippen molar-refractivity contribution in [2.75, 3.05) is 0 Å². The van der Waals surface area contributed by atoms with Crippen molar-refractivity contribution in [3.63, 3.8) is 0 Å². The molecule has 0 atom stereocenters. The summed E-state index contributed by atoms with van der Waals surface area (Å²) in [7, 11) is 0. The van der Waals surface area contributed by atoms with Crippen molar-refractivity contribution in [1.82, 2.24) is 0 Å². The monoisotopic (exact) mass is 154 g/mol. The van der Waals surface area contributed by atoms with Gasteiger partial charge in [-0.25, -0.2) is 0 Å². The van der Waals surface area contributed by atoms with Crippen molar-refractivity contribution in [3.05, 3.63) is 0 Å². The first-order valence-electron chi connectivity index (χ1n) is 4.79. The van der Waals surface area contributed by atoms with E-state index in [0.717, 1.165) is 25.2 Å². The van der Waals surface area contributed by atoms with Gasteiger partial charge in [-0.15, -0.1) is 0 Å². The van der Waals surface area contributed by atoms with Gasteiger partial charge in [0.25, 0.3) is 0 Å². The summed E-state index contributed by atoms with van der Waals surface area (Å²) in [5, 5.41) is 9.96. The molecule has 1 heteroatoms. The fourth-order valence-electron chi connectivity index (χ4n) is 3.00. The summed E-state index contributed by atoms with van der Waals surface area (Å²) in [4.78, 5) is 0. The second-order valence-corrected chi connectivity index (χ2v) is 4.92. The lowest BCUT2D eigenvalue weighted by Gasteiger charge is -2.30. The average molecular weight is 154 g/mol. The minimum Gasteiger partial charge on any atom is -0.390 e. The highest BCUT2D eigenvalue weighted by Crippen LogP contribution is 2.59. The first kappa shape index (κ1) is 7.60. The Labute approximate surface area is 68.8 Å². The average Bonchev–Trinajstić information content (AvgIpc) is 2.42. The van der Waals surface area contributed by atoms with Crippen molar-refractivity contribution < 1.29 is 5.11 Å². The Morgan fingerprint density at radius 3 is 1.82 bits per heavy atom. The third kappa shape index (κ3) is 0.936. The molecule has 1 N–H and O–H groups in total. The summed E-state index contributed by atoms with van der Waals surface area (Å²) >= 11 is 0. The van der Waals surface area contributed by atoms with Gasteiger partial charge in [-0.3, -0.25) is 0 Å². The van der Waals surface area contributed by atoms with Gasteiger partial charge in [0.2, 0.25) is 0 Å². The molecule has 11 heavy (non-hydrogen) atoms. The minimum absolute atomic E-state index is 0.246. The lowest BCUT2D eigenvalue weighted by atomic mass is 9.75. The van der Waals surface area contributed by atoms with E-state index in [2.05, 4.69) is 13.8 Å². The molecule has 0 heterocycles. The summed E-state index contributed by atoms with van der Waals surface area (Å²) < 4.78 is 0. The number of aliphatic hydroxyl groups is 1. The van der Waals surface area contributed by atoms with Gasteiger partial charge < -0.3 is 5.11 Å². The van der Waals surface area contributed by atoms with Crippen LogP contribution in [0.15, 0.2) is 0 Å². The molecule has 0 saturated heterocycles. The van der Waals surface area contributed by atoms with Crippen LogP contribution in [0.2, 0.25) is 0 Å². The van der Waals surface area contributed by atoms with Crippen molar-refractivity contribution >= 4 is 0 Å². The molecule has 2 rings (SSSR count). The Bertz CT molecular complexity index is 164. The Hall–Kier alpha value is -0.0400. The van der Waals surface area contributed by atoms with E-state index in [1.165, 1.54) is 12.8 Å². The van der Waals surface area contributed by atoms with Gasteiger partial charge in [0.1, 0.15) is 0 Å². The maximum atomic E-state index is 9.96. The van der Waals surface area contributed by atoms with Crippen molar-refractivity contribution in [3.8, 4) is 0 Å². The number of rotatable bonds is 1. The highest BCUT2D eigenvalue weighted by molar-refractivity contribution is 5.06. The third-order valence-corrected chi connectivity index (χ3v) is 4.08. The predicted molar refractivity (Wildman–Crippen MR) is 45.3 cm³/mol. The molecule has 0 aliphatic heterocycles. The van der Waals surface area contributed by atoms with Crippen LogP contribution in [-0.4, -0.2) is 10.7 Å². The maximum Gasteiger partial charge on any atom is 0.0653 e. The number of hydrogen-bond acceptors (Lipinski definition) is 1. The molecule has 0 amide bonds. The van der Waals surface area contributed by atoms with Gasteiger partial charge in [-0.05, 0) is 43.4 Å². The van der Waals surface area contributed by atoms with Gasteiger partial charge >= 0.3 is 0 Å². The molecule has 2 aliphatic carbocycles. The van der Waals surface area contributed by atoms with Crippen molar-refractivity contribution in [2.45, 2.75) is 51.6 Å². The minimum atomic E-state index is -0.246. The molecule has 2 saturated carbocycles. The lowest BCUT2D eigenvalue weighted by molar-refractivity contribution is 0.0520. The van der Waals surface area contributed by atoms with Gasteiger partial charge in [0, 0.05) is 0 Å². The van der Waals surface area contributed by atoms with Crippen LogP contribution >= 0.6 is 0 Å². The number of fused-ring (bicyclic) bond motifs is 2. The largest absolute Gasteiger partial charge is 0.390 e. The zero-order valence-corrected chi connectivity index (χ0v) is 7.56. The van der Waals surface area contributed by atoms with Crippen LogP contribution < -0.4 is 0 Å². The maximum absolute atomic E-state index is 9.96. The van der Waals surface area contributed by atoms with Gasteiger partial charge in [-0.1, -0.05) is 13.8 Å². The van der Waals surface area contributed by atoms with Gasteiger partial charge in [0.05, 0.1) is 5.60 Å². The quantitative estimate of drug-likeness (QED) is 0.614. The van der Waals surface area contributed by atoms with E-state index in [0.29, 0.717) is 5.41 Å². The fraction of sp³-hybridized carbons (Fsp3) is 1.00. The zero-order chi connectivity index (χ0) is 8.11. The second kappa shape index (κ2) is 2.01. The van der Waals surface area contributed by atoms with E-state index in [-0.39, 0.29) is 5.60 Å². The van der Waals surface area contributed by atoms with E-state index >= 15 is 0 Å². The Morgan fingerprint density at radius 1 is 1.09 bits per heavy atom. The van der Waals surface area contributed by atoms with E-state index in [1.807, 2.05) is 0 Å². The molecule has 64 valence electrons. The van der Waals surface area contributed by atoms with E-state index in [4.69, 9.17) is 0 Å². The summed E-state index contributed by atoms with van der Waals surface area (Å²) in [6, 6.07) is 0. The van der Waals surface area contributed by atoms with Crippen LogP contribution in [-0.2, 0) is 0 Å². The molecule has 2 fully saturated rings. The van der Waals surface area contributed by atoms with Crippen molar-refractivity contribution in [2.24, 2.45) is 11.3 Å². The third-order valence-electron chi connectivity index (χ3n) is 4.08. The first-order chi connectivity index (χ1) is 5.06. The predicted octanol–water partition coefficient (Wildman–Crippen LogP) is 2.34. The van der Waals surface area contributed by atoms with Crippen LogP contribution in [0.25, 0.3) is 0 Å². The molecule has 0 aromatic carbocycles. The van der Waals surface area contributed by atoms with Crippen molar-refractivity contribution in [1.29, 1.82) is 0 Å². The Kier molecular flexibility index (Phi) is 1.39. The van der Waals surface area contributed by atoms with Crippen LogP contribution in [0.3, 0.4) is 0 Å². The smallest absolute Gasteiger partial charge is 0.0653 e. The molecular weight excluding hydrogens is 136 g/mol. The molecule has 0 spiro atoms. The highest BCUT2D eigenvalue weighted by Gasteiger charge is 2.54. The molecule has 0 aromatic heterocycles. The molecule has 0 radical (unpaired) electrons. The highest BCUT2D eigenvalue weighted by atomic mass is 16.3. The summed E-state index contributed by atoms with van der Waals surface area (Å²) in [6.45, 7) is 4.61. The molecule has 2 aliphatic rings. The second-order valence-electron chi connectivity index (χ2n) is 4.92. The summed E-state index contributed by atoms with van der Waals surface area (Å²) in [5.74, 6) is 0.763. The standard InChI is InChI=1S/C10H18O/c1-8(2)9-3-5-10(11,7-9)6-4-9/h8,11H,3-7H2,1-2H3. The van der Waals surface area contributed by atoms with Gasteiger partial charge in [-0.2, -0.15) is 0 Å². The molecule has 0 unspecified atom stereocenters. The SMILES string of the molecule is CC(C)C12CCC(O)(CC1)C2. The topological polar surface area (TPSA) is 20.2 Å². The summed E-state index contributed by atoms with van der Waals surface area (Å²) in [5.41, 5.74) is 0.277. The van der Waals surface area contributed by atoms with E-state index < -0.39 is 0 Å².